The minimum Gasteiger partial charge on any atom is -0.135 e. The first-order chi connectivity index (χ1) is 22.0. The number of thiophene rings is 1. The Morgan fingerprint density at radius 2 is 1.07 bits per heavy atom. The topological polar surface area (TPSA) is 0 Å². The van der Waals surface area contributed by atoms with Crippen molar-refractivity contribution >= 4 is 74.6 Å². The highest BCUT2D eigenvalue weighted by Gasteiger charge is 2.12. The van der Waals surface area contributed by atoms with E-state index in [4.69, 9.17) is 0 Å². The lowest BCUT2D eigenvalue weighted by Gasteiger charge is -2.13. The van der Waals surface area contributed by atoms with Gasteiger partial charge in [-0.2, -0.15) is 0 Å². The second-order valence-electron chi connectivity index (χ2n) is 10.6. The largest absolute Gasteiger partial charge is 0.135 e. The Morgan fingerprint density at radius 3 is 1.90 bits per heavy atom. The van der Waals surface area contributed by atoms with E-state index in [1.165, 1.54) is 20.9 Å². The van der Waals surface area contributed by atoms with E-state index in [0.29, 0.717) is 22.3 Å². The molecule has 41 heavy (non-hydrogen) atoms. The predicted molar refractivity (Wildman–Crippen MR) is 180 cm³/mol. The van der Waals surface area contributed by atoms with Crippen LogP contribution in [-0.4, -0.2) is 0 Å². The van der Waals surface area contributed by atoms with Crippen LogP contribution >= 0.6 is 11.3 Å². The van der Waals surface area contributed by atoms with E-state index < -0.39 is 0 Å². The molecule has 0 bridgehead atoms. The number of rotatable bonds is 2. The van der Waals surface area contributed by atoms with Gasteiger partial charge in [-0.3, -0.25) is 0 Å². The summed E-state index contributed by atoms with van der Waals surface area (Å²) in [5, 5.41) is 11.1. The van der Waals surface area contributed by atoms with E-state index in [2.05, 4.69) is 72.8 Å². The Bertz CT molecular complexity index is 2680. The van der Waals surface area contributed by atoms with Crippen LogP contribution in [0.1, 0.15) is 5.48 Å². The van der Waals surface area contributed by atoms with Gasteiger partial charge in [-0.15, -0.1) is 11.3 Å². The third-order valence-electron chi connectivity index (χ3n) is 8.27. The third kappa shape index (κ3) is 3.53. The molecule has 0 spiro atoms. The van der Waals surface area contributed by atoms with Crippen LogP contribution in [0.15, 0.2) is 145 Å². The van der Waals surface area contributed by atoms with Crippen molar-refractivity contribution in [3.8, 4) is 22.3 Å². The number of hydrogen-bond donors (Lipinski definition) is 0. The smallest absolute Gasteiger partial charge is 0.0629 e. The Hall–Kier alpha value is -4.98. The average Bonchev–Trinajstić information content (AvgIpc) is 3.45. The lowest BCUT2D eigenvalue weighted by molar-refractivity contribution is 1.64. The summed E-state index contributed by atoms with van der Waals surface area (Å²) >= 11 is 1.69. The Morgan fingerprint density at radius 1 is 0.390 bits per heavy atom. The first-order valence-corrected chi connectivity index (χ1v) is 14.6. The fraction of sp³-hybridized carbons (Fsp3) is 0. The molecular formula is C40H24S. The Labute approximate surface area is 247 Å². The van der Waals surface area contributed by atoms with E-state index in [0.717, 1.165) is 42.4 Å². The Kier molecular flexibility index (Phi) is 4.09. The summed E-state index contributed by atoms with van der Waals surface area (Å²) < 4.78 is 39.1. The van der Waals surface area contributed by atoms with E-state index in [1.807, 2.05) is 48.5 Å². The zero-order valence-corrected chi connectivity index (χ0v) is 22.8. The van der Waals surface area contributed by atoms with Gasteiger partial charge in [0.25, 0.3) is 0 Å². The van der Waals surface area contributed by atoms with Crippen molar-refractivity contribution in [2.75, 3.05) is 0 Å². The molecule has 0 aliphatic carbocycles. The van der Waals surface area contributed by atoms with Crippen LogP contribution in [0.2, 0.25) is 0 Å². The van der Waals surface area contributed by atoms with Crippen molar-refractivity contribution in [1.82, 2.24) is 0 Å². The quantitative estimate of drug-likeness (QED) is 0.151. The van der Waals surface area contributed by atoms with Crippen molar-refractivity contribution in [3.63, 3.8) is 0 Å². The summed E-state index contributed by atoms with van der Waals surface area (Å²) in [7, 11) is 0. The van der Waals surface area contributed by atoms with Crippen molar-refractivity contribution < 1.29 is 5.48 Å². The molecular weight excluding hydrogens is 513 g/mol. The lowest BCUT2D eigenvalue weighted by atomic mass is 9.91. The predicted octanol–water partition coefficient (Wildman–Crippen LogP) is 12.0. The molecule has 190 valence electrons. The second-order valence-corrected chi connectivity index (χ2v) is 11.7. The van der Waals surface area contributed by atoms with Crippen molar-refractivity contribution in [3.05, 3.63) is 145 Å². The second kappa shape index (κ2) is 8.76. The molecule has 0 aliphatic rings. The maximum atomic E-state index is 9.23. The average molecular weight is 541 g/mol. The molecule has 0 saturated carbocycles. The molecule has 0 atom stereocenters. The van der Waals surface area contributed by atoms with Gasteiger partial charge in [-0.05, 0) is 95.7 Å². The van der Waals surface area contributed by atoms with Gasteiger partial charge in [0.1, 0.15) is 0 Å². The zero-order chi connectivity index (χ0) is 30.4. The molecule has 1 aromatic heterocycles. The molecule has 1 heterocycles. The van der Waals surface area contributed by atoms with E-state index in [1.54, 1.807) is 11.3 Å². The normalized spacial score (nSPS) is 13.3. The first-order valence-electron chi connectivity index (χ1n) is 15.8. The first kappa shape index (κ1) is 19.2. The van der Waals surface area contributed by atoms with Gasteiger partial charge in [0, 0.05) is 20.2 Å². The monoisotopic (exact) mass is 540 g/mol. The van der Waals surface area contributed by atoms with Crippen LogP contribution in [0.4, 0.5) is 0 Å². The summed E-state index contributed by atoms with van der Waals surface area (Å²) in [4.78, 5) is 0. The summed E-state index contributed by atoms with van der Waals surface area (Å²) in [5.74, 6) is 0. The van der Waals surface area contributed by atoms with Gasteiger partial charge in [-0.1, -0.05) is 115 Å². The molecule has 0 fully saturated rings. The molecule has 0 aliphatic heterocycles. The number of hydrogen-bond acceptors (Lipinski definition) is 1. The summed E-state index contributed by atoms with van der Waals surface area (Å²) in [6.45, 7) is 0. The highest BCUT2D eigenvalue weighted by Crippen LogP contribution is 2.41. The highest BCUT2D eigenvalue weighted by atomic mass is 32.1. The molecule has 0 saturated heterocycles. The van der Waals surface area contributed by atoms with Crippen LogP contribution in [-0.2, 0) is 0 Å². The summed E-state index contributed by atoms with van der Waals surface area (Å²) in [6, 6.07) is 41.3. The summed E-state index contributed by atoms with van der Waals surface area (Å²) in [6.07, 6.45) is 0. The van der Waals surface area contributed by atoms with E-state index >= 15 is 0 Å². The fourth-order valence-corrected chi connectivity index (χ4v) is 7.46. The van der Waals surface area contributed by atoms with Gasteiger partial charge < -0.3 is 0 Å². The summed E-state index contributed by atoms with van der Waals surface area (Å²) in [5.41, 5.74) is 2.06. The van der Waals surface area contributed by atoms with E-state index in [9.17, 15) is 5.48 Å². The zero-order valence-electron chi connectivity index (χ0n) is 26.0. The molecule has 1 heteroatoms. The molecule has 9 rings (SSSR count). The lowest BCUT2D eigenvalue weighted by Crippen LogP contribution is -1.86. The van der Waals surface area contributed by atoms with Crippen molar-refractivity contribution in [2.24, 2.45) is 0 Å². The maximum absolute atomic E-state index is 9.23. The fourth-order valence-electron chi connectivity index (χ4n) is 6.30. The highest BCUT2D eigenvalue weighted by molar-refractivity contribution is 7.26. The van der Waals surface area contributed by atoms with Gasteiger partial charge >= 0.3 is 0 Å². The van der Waals surface area contributed by atoms with Crippen LogP contribution in [0.5, 0.6) is 0 Å². The molecule has 0 unspecified atom stereocenters. The van der Waals surface area contributed by atoms with Crippen molar-refractivity contribution in [1.29, 1.82) is 0 Å². The minimum absolute atomic E-state index is 0.0281. The van der Waals surface area contributed by atoms with Gasteiger partial charge in [0.2, 0.25) is 0 Å². The maximum Gasteiger partial charge on any atom is 0.0629 e. The molecule has 9 aromatic rings. The van der Waals surface area contributed by atoms with Crippen LogP contribution in [0.3, 0.4) is 0 Å². The standard InChI is InChI=1S/C40H24S/c1-2-9-29-22-37-31(21-28(29)8-1)23-36(33-11-5-6-12-34(33)37)27-15-13-25(14-16-27)30-17-19-35-39(24-30)41-38-20-18-26-7-3-4-10-32(26)40(35)38/h1-24H/i13D,14D,15D,16D. The van der Waals surface area contributed by atoms with Gasteiger partial charge in [0.15, 0.2) is 0 Å². The van der Waals surface area contributed by atoms with Gasteiger partial charge in [-0.25, -0.2) is 0 Å². The van der Waals surface area contributed by atoms with Crippen LogP contribution in [0.25, 0.3) is 85.5 Å². The van der Waals surface area contributed by atoms with Crippen LogP contribution in [0, 0.1) is 0 Å². The molecule has 0 radical (unpaired) electrons. The SMILES string of the molecule is [2H]c1c([2H])c(-c2cc3cc4ccccc4cc3c3ccccc23)c([2H])c([2H])c1-c1ccc2c(c1)sc1ccc3ccccc3c12. The van der Waals surface area contributed by atoms with E-state index in [-0.39, 0.29) is 24.2 Å². The molecule has 0 amide bonds. The third-order valence-corrected chi connectivity index (χ3v) is 9.39. The molecule has 0 N–H and O–H groups in total. The van der Waals surface area contributed by atoms with Crippen LogP contribution < -0.4 is 0 Å². The number of fused-ring (bicyclic) bond motifs is 9. The molecule has 0 nitrogen and oxygen atoms in total. The number of benzene rings is 8. The van der Waals surface area contributed by atoms with Gasteiger partial charge in [0.05, 0.1) is 5.48 Å². The van der Waals surface area contributed by atoms with Crippen molar-refractivity contribution in [2.45, 2.75) is 0 Å². The molecule has 8 aromatic carbocycles. The Balaban J connectivity index is 1.27. The minimum atomic E-state index is -0.0290.